The van der Waals surface area contributed by atoms with Crippen LogP contribution in [-0.2, 0) is 11.3 Å². The molecule has 8 heteroatoms. The van der Waals surface area contributed by atoms with Crippen molar-refractivity contribution in [1.82, 2.24) is 20.1 Å². The van der Waals surface area contributed by atoms with Crippen LogP contribution in [0.5, 0.6) is 5.75 Å². The number of hydrogen-bond donors (Lipinski definition) is 2. The van der Waals surface area contributed by atoms with E-state index in [1.165, 1.54) is 37.4 Å². The molecule has 1 fully saturated rings. The third-order valence-corrected chi connectivity index (χ3v) is 7.30. The highest BCUT2D eigenvalue weighted by Crippen LogP contribution is 2.33. The number of thioether (sulfide) groups is 1. The van der Waals surface area contributed by atoms with Gasteiger partial charge < -0.3 is 19.9 Å². The van der Waals surface area contributed by atoms with Crippen molar-refractivity contribution in [2.45, 2.75) is 95.9 Å². The highest BCUT2D eigenvalue weighted by Gasteiger charge is 2.23. The summed E-state index contributed by atoms with van der Waals surface area (Å²) < 4.78 is 7.60. The van der Waals surface area contributed by atoms with E-state index >= 15 is 0 Å². The number of nitrogens with zero attached hydrogens (tertiary/aromatic N) is 3. The summed E-state index contributed by atoms with van der Waals surface area (Å²) in [5, 5.41) is 16.4. The van der Waals surface area contributed by atoms with Gasteiger partial charge in [0.25, 0.3) is 0 Å². The fourth-order valence-corrected chi connectivity index (χ4v) is 5.33. The maximum Gasteiger partial charge on any atom is 0.230 e. The van der Waals surface area contributed by atoms with E-state index in [4.69, 9.17) is 4.74 Å². The van der Waals surface area contributed by atoms with Crippen molar-refractivity contribution in [1.29, 1.82) is 0 Å². The monoisotopic (exact) mass is 487 g/mol. The Balaban J connectivity index is 1.61. The Morgan fingerprint density at radius 1 is 1.18 bits per heavy atom. The lowest BCUT2D eigenvalue weighted by molar-refractivity contribution is -0.119. The van der Waals surface area contributed by atoms with E-state index in [0.29, 0.717) is 24.3 Å². The minimum Gasteiger partial charge on any atom is -0.497 e. The first-order chi connectivity index (χ1) is 16.5. The highest BCUT2D eigenvalue weighted by molar-refractivity contribution is 7.99. The third-order valence-electron chi connectivity index (χ3n) is 6.35. The van der Waals surface area contributed by atoms with E-state index in [1.807, 2.05) is 24.3 Å². The molecule has 0 spiro atoms. The van der Waals surface area contributed by atoms with E-state index in [9.17, 15) is 4.79 Å². The second-order valence-electron chi connectivity index (χ2n) is 9.73. The lowest BCUT2D eigenvalue weighted by Crippen LogP contribution is -2.34. The lowest BCUT2D eigenvalue weighted by atomic mass is 9.95. The molecular weight excluding hydrogens is 446 g/mol. The van der Waals surface area contributed by atoms with Gasteiger partial charge in [0.05, 0.1) is 19.4 Å². The normalized spacial score (nSPS) is 15.3. The van der Waals surface area contributed by atoms with Crippen molar-refractivity contribution in [2.75, 3.05) is 18.2 Å². The molecule has 2 N–H and O–H groups in total. The van der Waals surface area contributed by atoms with Crippen molar-refractivity contribution in [2.24, 2.45) is 5.92 Å². The lowest BCUT2D eigenvalue weighted by Gasteiger charge is -2.25. The molecular formula is C26H41N5O2S. The first kappa shape index (κ1) is 26.4. The number of rotatable bonds is 13. The molecule has 0 saturated heterocycles. The minimum atomic E-state index is 0.0660. The van der Waals surface area contributed by atoms with Gasteiger partial charge in [-0.15, -0.1) is 10.2 Å². The molecule has 1 amide bonds. The molecule has 0 radical (unpaired) electrons. The van der Waals surface area contributed by atoms with Gasteiger partial charge in [0.1, 0.15) is 5.75 Å². The summed E-state index contributed by atoms with van der Waals surface area (Å²) in [5.74, 6) is 2.87. The van der Waals surface area contributed by atoms with Gasteiger partial charge in [-0.05, 0) is 44.2 Å². The zero-order chi connectivity index (χ0) is 24.3. The predicted molar refractivity (Wildman–Crippen MR) is 139 cm³/mol. The standard InChI is InChI=1S/C26H41N5O2S/c1-19(2)10-8-11-20(3)28-25(32)18-34-26-30-29-24(31(26)22-13-6-5-7-14-22)17-27-21-12-9-15-23(16-21)33-4/h9,12,15-16,19-20,22,27H,5-8,10-11,13-14,17-18H2,1-4H3,(H,28,32). The summed E-state index contributed by atoms with van der Waals surface area (Å²) >= 11 is 1.50. The number of carbonyl (C=O) groups is 1. The van der Waals surface area contributed by atoms with E-state index in [0.717, 1.165) is 48.1 Å². The summed E-state index contributed by atoms with van der Waals surface area (Å²) in [7, 11) is 1.67. The quantitative estimate of drug-likeness (QED) is 0.346. The second kappa shape index (κ2) is 13.6. The van der Waals surface area contributed by atoms with Crippen LogP contribution in [0, 0.1) is 5.92 Å². The number of ether oxygens (including phenoxy) is 1. The largest absolute Gasteiger partial charge is 0.497 e. The van der Waals surface area contributed by atoms with Crippen LogP contribution in [0.1, 0.15) is 84.0 Å². The van der Waals surface area contributed by atoms with Crippen LogP contribution >= 0.6 is 11.8 Å². The van der Waals surface area contributed by atoms with Crippen molar-refractivity contribution >= 4 is 23.4 Å². The summed E-state index contributed by atoms with van der Waals surface area (Å²) in [6.45, 7) is 7.15. The Morgan fingerprint density at radius 2 is 1.97 bits per heavy atom. The Labute approximate surface area is 208 Å². The van der Waals surface area contributed by atoms with Crippen molar-refractivity contribution in [3.05, 3.63) is 30.1 Å². The summed E-state index contributed by atoms with van der Waals surface area (Å²) in [6, 6.07) is 8.49. The molecule has 34 heavy (non-hydrogen) atoms. The van der Waals surface area contributed by atoms with Gasteiger partial charge in [0, 0.05) is 23.8 Å². The number of amides is 1. The number of anilines is 1. The molecule has 1 aromatic carbocycles. The summed E-state index contributed by atoms with van der Waals surface area (Å²) in [6.07, 6.45) is 9.38. The number of carbonyl (C=O) groups excluding carboxylic acids is 1. The van der Waals surface area contributed by atoms with Crippen molar-refractivity contribution in [3.63, 3.8) is 0 Å². The highest BCUT2D eigenvalue weighted by atomic mass is 32.2. The predicted octanol–water partition coefficient (Wildman–Crippen LogP) is 5.83. The van der Waals surface area contributed by atoms with E-state index in [2.05, 4.69) is 46.2 Å². The van der Waals surface area contributed by atoms with Crippen LogP contribution in [0.2, 0.25) is 0 Å². The maximum atomic E-state index is 12.6. The molecule has 1 atom stereocenters. The van der Waals surface area contributed by atoms with Gasteiger partial charge in [-0.25, -0.2) is 0 Å². The van der Waals surface area contributed by atoms with E-state index in [1.54, 1.807) is 7.11 Å². The van der Waals surface area contributed by atoms with Crippen molar-refractivity contribution < 1.29 is 9.53 Å². The first-order valence-electron chi connectivity index (χ1n) is 12.7. The summed E-state index contributed by atoms with van der Waals surface area (Å²) in [4.78, 5) is 12.6. The fraction of sp³-hybridized carbons (Fsp3) is 0.654. The van der Waals surface area contributed by atoms with Gasteiger partial charge >= 0.3 is 0 Å². The number of methoxy groups -OCH3 is 1. The van der Waals surface area contributed by atoms with Gasteiger partial charge in [0.2, 0.25) is 5.91 Å². The zero-order valence-corrected chi connectivity index (χ0v) is 22.0. The molecule has 1 heterocycles. The zero-order valence-electron chi connectivity index (χ0n) is 21.2. The number of nitrogens with one attached hydrogen (secondary N) is 2. The molecule has 1 unspecified atom stereocenters. The Morgan fingerprint density at radius 3 is 2.71 bits per heavy atom. The molecule has 0 bridgehead atoms. The van der Waals surface area contributed by atoms with E-state index < -0.39 is 0 Å². The molecule has 1 saturated carbocycles. The van der Waals surface area contributed by atoms with Crippen LogP contribution < -0.4 is 15.4 Å². The van der Waals surface area contributed by atoms with Gasteiger partial charge in [-0.1, -0.05) is 63.8 Å². The molecule has 3 rings (SSSR count). The van der Waals surface area contributed by atoms with Gasteiger partial charge in [-0.3, -0.25) is 4.79 Å². The van der Waals surface area contributed by atoms with Gasteiger partial charge in [-0.2, -0.15) is 0 Å². The fourth-order valence-electron chi connectivity index (χ4n) is 4.50. The topological polar surface area (TPSA) is 81.1 Å². The average molecular weight is 488 g/mol. The third kappa shape index (κ3) is 8.22. The minimum absolute atomic E-state index is 0.0660. The molecule has 7 nitrogen and oxygen atoms in total. The Kier molecular flexibility index (Phi) is 10.6. The smallest absolute Gasteiger partial charge is 0.230 e. The van der Waals surface area contributed by atoms with Crippen LogP contribution in [0.15, 0.2) is 29.4 Å². The van der Waals surface area contributed by atoms with Crippen LogP contribution in [-0.4, -0.2) is 39.6 Å². The van der Waals surface area contributed by atoms with Crippen LogP contribution in [0.3, 0.4) is 0 Å². The molecule has 0 aliphatic heterocycles. The molecule has 188 valence electrons. The summed E-state index contributed by atoms with van der Waals surface area (Å²) in [5.41, 5.74) is 0.984. The van der Waals surface area contributed by atoms with Crippen LogP contribution in [0.25, 0.3) is 0 Å². The molecule has 1 aliphatic rings. The Hall–Kier alpha value is -2.22. The second-order valence-corrected chi connectivity index (χ2v) is 10.7. The number of hydrogen-bond acceptors (Lipinski definition) is 6. The maximum absolute atomic E-state index is 12.6. The van der Waals surface area contributed by atoms with Crippen LogP contribution in [0.4, 0.5) is 5.69 Å². The first-order valence-corrected chi connectivity index (χ1v) is 13.7. The average Bonchev–Trinajstić information content (AvgIpc) is 3.24. The number of benzene rings is 1. The molecule has 1 aliphatic carbocycles. The van der Waals surface area contributed by atoms with Crippen molar-refractivity contribution in [3.8, 4) is 5.75 Å². The molecule has 1 aromatic heterocycles. The number of aromatic nitrogens is 3. The van der Waals surface area contributed by atoms with E-state index in [-0.39, 0.29) is 11.9 Å². The van der Waals surface area contributed by atoms with Gasteiger partial charge in [0.15, 0.2) is 11.0 Å². The Bertz CT molecular complexity index is 895. The molecule has 2 aromatic rings. The SMILES string of the molecule is COc1cccc(NCc2nnc(SCC(=O)NC(C)CCCC(C)C)n2C2CCCCC2)c1.